The number of likely N-dealkylation sites (tertiary alicyclic amines) is 1. The van der Waals surface area contributed by atoms with Crippen LogP contribution in [-0.4, -0.2) is 63.4 Å². The molecule has 0 saturated carbocycles. The van der Waals surface area contributed by atoms with E-state index in [1.807, 2.05) is 0 Å². The smallest absolute Gasteiger partial charge is 0.308 e. The van der Waals surface area contributed by atoms with Gasteiger partial charge < -0.3 is 19.1 Å². The number of esters is 2. The largest absolute Gasteiger partial charge is 0.465 e. The van der Waals surface area contributed by atoms with Crippen molar-refractivity contribution in [2.75, 3.05) is 46.6 Å². The van der Waals surface area contributed by atoms with Crippen LogP contribution in [0.3, 0.4) is 0 Å². The lowest BCUT2D eigenvalue weighted by Gasteiger charge is -2.42. The van der Waals surface area contributed by atoms with Gasteiger partial charge in [0.05, 0.1) is 25.0 Å². The van der Waals surface area contributed by atoms with Crippen molar-refractivity contribution in [1.82, 2.24) is 4.90 Å². The molecule has 2 unspecified atom stereocenters. The molecule has 54 heavy (non-hydrogen) atoms. The van der Waals surface area contributed by atoms with Gasteiger partial charge in [0.25, 0.3) is 0 Å². The second kappa shape index (κ2) is 36.2. The summed E-state index contributed by atoms with van der Waals surface area (Å²) in [6.45, 7) is 14.3. The highest BCUT2D eigenvalue weighted by molar-refractivity contribution is 5.72. The standard InChI is InChI=1S/C48H93NO5/c1-6-10-14-18-20-24-32-44(30-22-16-12-8-3)46(50)53-42-28-34-48(36-39-49(40-37-48)38-26-27-41-52-5)35-29-43-54-47(51)45(31-23-17-13-9-4)33-25-21-19-15-11-7-2/h44-45H,6-43H2,1-5H3. The first kappa shape index (κ1) is 50.9. The number of methoxy groups -OCH3 is 1. The van der Waals surface area contributed by atoms with Crippen molar-refractivity contribution >= 4 is 11.9 Å². The third kappa shape index (κ3) is 26.7. The van der Waals surface area contributed by atoms with Crippen molar-refractivity contribution < 1.29 is 23.8 Å². The van der Waals surface area contributed by atoms with Crippen molar-refractivity contribution in [2.45, 2.75) is 233 Å². The summed E-state index contributed by atoms with van der Waals surface area (Å²) >= 11 is 0. The molecule has 0 radical (unpaired) electrons. The number of hydrogen-bond donors (Lipinski definition) is 0. The van der Waals surface area contributed by atoms with Crippen LogP contribution in [0.5, 0.6) is 0 Å². The fourth-order valence-electron chi connectivity index (χ4n) is 8.67. The van der Waals surface area contributed by atoms with Gasteiger partial charge >= 0.3 is 11.9 Å². The Hall–Kier alpha value is -1.14. The van der Waals surface area contributed by atoms with Crippen LogP contribution in [0.25, 0.3) is 0 Å². The van der Waals surface area contributed by atoms with Gasteiger partial charge in [0.1, 0.15) is 0 Å². The molecule has 320 valence electrons. The molecule has 6 nitrogen and oxygen atoms in total. The summed E-state index contributed by atoms with van der Waals surface area (Å²) in [4.78, 5) is 29.4. The summed E-state index contributed by atoms with van der Waals surface area (Å²) in [5.41, 5.74) is 0.234. The maximum atomic E-state index is 13.4. The first-order valence-electron chi connectivity index (χ1n) is 24.0. The van der Waals surface area contributed by atoms with E-state index in [1.54, 1.807) is 7.11 Å². The minimum absolute atomic E-state index is 0.0529. The van der Waals surface area contributed by atoms with E-state index in [4.69, 9.17) is 14.2 Å². The van der Waals surface area contributed by atoms with Gasteiger partial charge in [-0.1, -0.05) is 156 Å². The second-order valence-electron chi connectivity index (χ2n) is 17.3. The van der Waals surface area contributed by atoms with Crippen molar-refractivity contribution in [3.63, 3.8) is 0 Å². The van der Waals surface area contributed by atoms with Gasteiger partial charge in [0.15, 0.2) is 0 Å². The third-order valence-electron chi connectivity index (χ3n) is 12.5. The van der Waals surface area contributed by atoms with Crippen LogP contribution in [-0.2, 0) is 23.8 Å². The molecular formula is C48H93NO5. The molecule has 2 atom stereocenters. The van der Waals surface area contributed by atoms with Crippen molar-refractivity contribution in [2.24, 2.45) is 17.3 Å². The van der Waals surface area contributed by atoms with Crippen LogP contribution in [0.4, 0.5) is 0 Å². The van der Waals surface area contributed by atoms with E-state index < -0.39 is 0 Å². The Bertz CT molecular complexity index is 787. The Morgan fingerprint density at radius 2 is 0.852 bits per heavy atom. The molecule has 1 rings (SSSR count). The number of rotatable bonds is 39. The monoisotopic (exact) mass is 764 g/mol. The molecule has 1 aliphatic heterocycles. The molecule has 0 aliphatic carbocycles. The number of hydrogen-bond acceptors (Lipinski definition) is 6. The molecule has 0 N–H and O–H groups in total. The molecular weight excluding hydrogens is 671 g/mol. The molecule has 1 fully saturated rings. The first-order chi connectivity index (χ1) is 26.4. The lowest BCUT2D eigenvalue weighted by atomic mass is 9.71. The van der Waals surface area contributed by atoms with Crippen molar-refractivity contribution in [1.29, 1.82) is 0 Å². The summed E-state index contributed by atoms with van der Waals surface area (Å²) in [5, 5.41) is 0. The highest BCUT2D eigenvalue weighted by Gasteiger charge is 2.34. The highest BCUT2D eigenvalue weighted by atomic mass is 16.5. The Morgan fingerprint density at radius 1 is 0.481 bits per heavy atom. The van der Waals surface area contributed by atoms with Gasteiger partial charge in [-0.15, -0.1) is 0 Å². The number of piperidine rings is 1. The normalized spacial score (nSPS) is 15.6. The highest BCUT2D eigenvalue weighted by Crippen LogP contribution is 2.41. The average molecular weight is 764 g/mol. The average Bonchev–Trinajstić information content (AvgIpc) is 3.18. The van der Waals surface area contributed by atoms with Crippen LogP contribution >= 0.6 is 0 Å². The van der Waals surface area contributed by atoms with Gasteiger partial charge in [-0.25, -0.2) is 0 Å². The van der Waals surface area contributed by atoms with E-state index in [9.17, 15) is 9.59 Å². The zero-order chi connectivity index (χ0) is 39.4. The van der Waals surface area contributed by atoms with Gasteiger partial charge in [-0.05, 0) is 102 Å². The molecule has 0 spiro atoms. The first-order valence-corrected chi connectivity index (χ1v) is 24.0. The van der Waals surface area contributed by atoms with Crippen LogP contribution in [0, 0.1) is 17.3 Å². The number of ether oxygens (including phenoxy) is 3. The summed E-state index contributed by atoms with van der Waals surface area (Å²) < 4.78 is 17.4. The lowest BCUT2D eigenvalue weighted by molar-refractivity contribution is -0.150. The lowest BCUT2D eigenvalue weighted by Crippen LogP contribution is -2.41. The quantitative estimate of drug-likeness (QED) is 0.0459. The molecule has 0 aromatic carbocycles. The van der Waals surface area contributed by atoms with Crippen LogP contribution in [0.1, 0.15) is 233 Å². The predicted molar refractivity (Wildman–Crippen MR) is 230 cm³/mol. The Kier molecular flexibility index (Phi) is 34.1. The van der Waals surface area contributed by atoms with Gasteiger partial charge in [0.2, 0.25) is 0 Å². The maximum Gasteiger partial charge on any atom is 0.308 e. The fraction of sp³-hybridized carbons (Fsp3) is 0.958. The summed E-state index contributed by atoms with van der Waals surface area (Å²) in [5.74, 6) is 0.235. The number of carbonyl (C=O) groups excluding carboxylic acids is 2. The SMILES string of the molecule is CCCCCCCCC(CCCCCC)C(=O)OCCCC1(CCCOC(=O)C(CCCCCC)CCCCCCCC)CCN(CCCCOC)CC1. The molecule has 1 heterocycles. The van der Waals surface area contributed by atoms with Crippen LogP contribution in [0.15, 0.2) is 0 Å². The zero-order valence-electron chi connectivity index (χ0n) is 37.0. The molecule has 0 bridgehead atoms. The summed E-state index contributed by atoms with van der Waals surface area (Å²) in [6.07, 6.45) is 37.4. The summed E-state index contributed by atoms with van der Waals surface area (Å²) in [7, 11) is 1.79. The van der Waals surface area contributed by atoms with Gasteiger partial charge in [-0.2, -0.15) is 0 Å². The Labute approximate surface area is 336 Å². The number of nitrogens with zero attached hydrogens (tertiary/aromatic N) is 1. The topological polar surface area (TPSA) is 65.1 Å². The Balaban J connectivity index is 2.71. The van der Waals surface area contributed by atoms with Gasteiger partial charge in [0, 0.05) is 13.7 Å². The van der Waals surface area contributed by atoms with E-state index in [0.717, 1.165) is 110 Å². The maximum absolute atomic E-state index is 13.4. The third-order valence-corrected chi connectivity index (χ3v) is 12.5. The van der Waals surface area contributed by atoms with E-state index in [-0.39, 0.29) is 29.2 Å². The molecule has 1 saturated heterocycles. The van der Waals surface area contributed by atoms with Crippen LogP contribution < -0.4 is 0 Å². The second-order valence-corrected chi connectivity index (χ2v) is 17.3. The van der Waals surface area contributed by atoms with E-state index >= 15 is 0 Å². The van der Waals surface area contributed by atoms with Crippen LogP contribution in [0.2, 0.25) is 0 Å². The Morgan fingerprint density at radius 3 is 1.24 bits per heavy atom. The molecule has 6 heteroatoms. The van der Waals surface area contributed by atoms with E-state index in [0.29, 0.717) is 13.2 Å². The minimum Gasteiger partial charge on any atom is -0.465 e. The number of unbranched alkanes of at least 4 members (excludes halogenated alkanes) is 17. The minimum atomic E-state index is 0.0529. The zero-order valence-corrected chi connectivity index (χ0v) is 37.0. The molecule has 1 aliphatic rings. The van der Waals surface area contributed by atoms with E-state index in [2.05, 4.69) is 32.6 Å². The van der Waals surface area contributed by atoms with Gasteiger partial charge in [-0.3, -0.25) is 9.59 Å². The predicted octanol–water partition coefficient (Wildman–Crippen LogP) is 13.8. The molecule has 0 amide bonds. The fourth-order valence-corrected chi connectivity index (χ4v) is 8.67. The molecule has 0 aromatic rings. The summed E-state index contributed by atoms with van der Waals surface area (Å²) in [6, 6.07) is 0. The van der Waals surface area contributed by atoms with E-state index in [1.165, 1.54) is 122 Å². The molecule has 0 aromatic heterocycles. The van der Waals surface area contributed by atoms with Crippen molar-refractivity contribution in [3.8, 4) is 0 Å². The van der Waals surface area contributed by atoms with Crippen molar-refractivity contribution in [3.05, 3.63) is 0 Å². The number of carbonyl (C=O) groups is 2.